The van der Waals surface area contributed by atoms with E-state index in [9.17, 15) is 4.79 Å². The van der Waals surface area contributed by atoms with Crippen molar-refractivity contribution in [2.24, 2.45) is 0 Å². The Morgan fingerprint density at radius 1 is 0.875 bits per heavy atom. The molecule has 24 heavy (non-hydrogen) atoms. The summed E-state index contributed by atoms with van der Waals surface area (Å²) in [5, 5.41) is 2.19. The molecule has 0 saturated carbocycles. The van der Waals surface area contributed by atoms with Gasteiger partial charge in [0.2, 0.25) is 0 Å². The third-order valence-corrected chi connectivity index (χ3v) is 3.86. The summed E-state index contributed by atoms with van der Waals surface area (Å²) in [6.07, 6.45) is 0. The number of hydrogen-bond donors (Lipinski definition) is 0. The summed E-state index contributed by atoms with van der Waals surface area (Å²) in [7, 11) is 3.03. The zero-order valence-electron chi connectivity index (χ0n) is 13.6. The lowest BCUT2D eigenvalue weighted by molar-refractivity contribution is 0.0470. The number of rotatable bonds is 5. The zero-order chi connectivity index (χ0) is 16.9. The monoisotopic (exact) mass is 322 g/mol. The fourth-order valence-electron chi connectivity index (χ4n) is 2.69. The molecule has 0 heterocycles. The topological polar surface area (TPSA) is 44.8 Å². The Morgan fingerprint density at radius 2 is 1.62 bits per heavy atom. The van der Waals surface area contributed by atoms with Gasteiger partial charge in [-0.05, 0) is 28.5 Å². The Labute approximate surface area is 140 Å². The highest BCUT2D eigenvalue weighted by molar-refractivity contribution is 5.94. The Balaban J connectivity index is 1.83. The Hall–Kier alpha value is -3.01. The van der Waals surface area contributed by atoms with Crippen LogP contribution in [-0.4, -0.2) is 20.2 Å². The Morgan fingerprint density at radius 3 is 2.42 bits per heavy atom. The highest BCUT2D eigenvalue weighted by atomic mass is 16.5. The number of ether oxygens (including phenoxy) is 3. The van der Waals surface area contributed by atoms with E-state index in [4.69, 9.17) is 14.2 Å². The zero-order valence-corrected chi connectivity index (χ0v) is 13.6. The standard InChI is InChI=1S/C20H18O4/c1-22-18-12-6-11-17(19(18)23-2)20(21)24-13-15-9-5-8-14-7-3-4-10-16(14)15/h3-12H,13H2,1-2H3. The molecule has 0 spiro atoms. The minimum Gasteiger partial charge on any atom is -0.493 e. The van der Waals surface area contributed by atoms with Crippen molar-refractivity contribution >= 4 is 16.7 Å². The molecule has 0 atom stereocenters. The second kappa shape index (κ2) is 7.04. The lowest BCUT2D eigenvalue weighted by Crippen LogP contribution is -2.08. The number of esters is 1. The third-order valence-electron chi connectivity index (χ3n) is 3.86. The second-order valence-electron chi connectivity index (χ2n) is 5.26. The molecule has 0 saturated heterocycles. The van der Waals surface area contributed by atoms with Crippen molar-refractivity contribution in [3.05, 3.63) is 71.8 Å². The first-order valence-corrected chi connectivity index (χ1v) is 7.59. The van der Waals surface area contributed by atoms with Crippen LogP contribution < -0.4 is 9.47 Å². The summed E-state index contributed by atoms with van der Waals surface area (Å²) in [6.45, 7) is 0.195. The van der Waals surface area contributed by atoms with E-state index in [1.165, 1.54) is 14.2 Å². The first-order chi connectivity index (χ1) is 11.7. The molecule has 0 aliphatic rings. The number of benzene rings is 3. The molecule has 3 aromatic rings. The van der Waals surface area contributed by atoms with Gasteiger partial charge < -0.3 is 14.2 Å². The summed E-state index contributed by atoms with van der Waals surface area (Å²) in [6, 6.07) is 19.1. The van der Waals surface area contributed by atoms with E-state index < -0.39 is 5.97 Å². The summed E-state index contributed by atoms with van der Waals surface area (Å²) in [5.74, 6) is 0.429. The summed E-state index contributed by atoms with van der Waals surface area (Å²) in [4.78, 5) is 12.4. The van der Waals surface area contributed by atoms with Crippen molar-refractivity contribution in [3.63, 3.8) is 0 Å². The fourth-order valence-corrected chi connectivity index (χ4v) is 2.69. The van der Waals surface area contributed by atoms with Crippen LogP contribution in [0.3, 0.4) is 0 Å². The third kappa shape index (κ3) is 3.04. The molecular weight excluding hydrogens is 304 g/mol. The average molecular weight is 322 g/mol. The summed E-state index contributed by atoms with van der Waals surface area (Å²) >= 11 is 0. The van der Waals surface area contributed by atoms with Gasteiger partial charge in [-0.3, -0.25) is 0 Å². The summed E-state index contributed by atoms with van der Waals surface area (Å²) in [5.41, 5.74) is 1.31. The van der Waals surface area contributed by atoms with E-state index in [2.05, 4.69) is 0 Å². The van der Waals surface area contributed by atoms with Crippen molar-refractivity contribution in [1.29, 1.82) is 0 Å². The van der Waals surface area contributed by atoms with Crippen LogP contribution in [0, 0.1) is 0 Å². The Bertz CT molecular complexity index is 865. The van der Waals surface area contributed by atoms with Gasteiger partial charge in [0.25, 0.3) is 0 Å². The van der Waals surface area contributed by atoms with Gasteiger partial charge in [0.05, 0.1) is 14.2 Å². The van der Waals surface area contributed by atoms with E-state index >= 15 is 0 Å². The van der Waals surface area contributed by atoms with Gasteiger partial charge in [-0.15, -0.1) is 0 Å². The maximum absolute atomic E-state index is 12.4. The fraction of sp³-hybridized carbons (Fsp3) is 0.150. The van der Waals surface area contributed by atoms with Crippen molar-refractivity contribution in [3.8, 4) is 11.5 Å². The molecule has 4 heteroatoms. The molecule has 0 radical (unpaired) electrons. The van der Waals surface area contributed by atoms with Crippen LogP contribution in [0.25, 0.3) is 10.8 Å². The normalized spacial score (nSPS) is 10.4. The predicted octanol–water partition coefficient (Wildman–Crippen LogP) is 4.21. The molecule has 4 nitrogen and oxygen atoms in total. The number of carbonyl (C=O) groups is 1. The number of para-hydroxylation sites is 1. The number of carbonyl (C=O) groups excluding carboxylic acids is 1. The highest BCUT2D eigenvalue weighted by Crippen LogP contribution is 2.31. The molecular formula is C20H18O4. The van der Waals surface area contributed by atoms with Crippen molar-refractivity contribution in [2.75, 3.05) is 14.2 Å². The smallest absolute Gasteiger partial charge is 0.342 e. The van der Waals surface area contributed by atoms with Crippen molar-refractivity contribution in [2.45, 2.75) is 6.61 Å². The first-order valence-electron chi connectivity index (χ1n) is 7.59. The molecule has 0 unspecified atom stereocenters. The predicted molar refractivity (Wildman–Crippen MR) is 92.6 cm³/mol. The lowest BCUT2D eigenvalue weighted by Gasteiger charge is -2.12. The molecule has 0 amide bonds. The SMILES string of the molecule is COc1cccc(C(=O)OCc2cccc3ccccc23)c1OC. The molecule has 0 bridgehead atoms. The van der Waals surface area contributed by atoms with Crippen LogP contribution in [0.5, 0.6) is 11.5 Å². The van der Waals surface area contributed by atoms with Crippen LogP contribution in [0.2, 0.25) is 0 Å². The maximum atomic E-state index is 12.4. The van der Waals surface area contributed by atoms with Crippen LogP contribution in [0.15, 0.2) is 60.7 Å². The minimum atomic E-state index is -0.446. The number of fused-ring (bicyclic) bond motifs is 1. The molecule has 0 aliphatic heterocycles. The molecule has 3 rings (SSSR count). The second-order valence-corrected chi connectivity index (χ2v) is 5.26. The molecule has 0 fully saturated rings. The van der Waals surface area contributed by atoms with Crippen LogP contribution in [-0.2, 0) is 11.3 Å². The molecule has 3 aromatic carbocycles. The Kier molecular flexibility index (Phi) is 4.66. The van der Waals surface area contributed by atoms with E-state index in [1.54, 1.807) is 18.2 Å². The quantitative estimate of drug-likeness (QED) is 0.660. The molecule has 0 aliphatic carbocycles. The van der Waals surface area contributed by atoms with Gasteiger partial charge in [0.15, 0.2) is 11.5 Å². The first kappa shape index (κ1) is 15.9. The van der Waals surface area contributed by atoms with Gasteiger partial charge in [-0.25, -0.2) is 4.79 Å². The average Bonchev–Trinajstić information content (AvgIpc) is 2.65. The molecule has 0 aromatic heterocycles. The van der Waals surface area contributed by atoms with Crippen molar-refractivity contribution < 1.29 is 19.0 Å². The highest BCUT2D eigenvalue weighted by Gasteiger charge is 2.18. The molecule has 0 N–H and O–H groups in total. The lowest BCUT2D eigenvalue weighted by atomic mass is 10.1. The van der Waals surface area contributed by atoms with Gasteiger partial charge in [0.1, 0.15) is 12.2 Å². The number of methoxy groups -OCH3 is 2. The van der Waals surface area contributed by atoms with Crippen LogP contribution in [0.4, 0.5) is 0 Å². The molecule has 122 valence electrons. The van der Waals surface area contributed by atoms with Crippen LogP contribution >= 0.6 is 0 Å². The van der Waals surface area contributed by atoms with Gasteiger partial charge in [-0.2, -0.15) is 0 Å². The number of hydrogen-bond acceptors (Lipinski definition) is 4. The van der Waals surface area contributed by atoms with Gasteiger partial charge in [-0.1, -0.05) is 48.5 Å². The van der Waals surface area contributed by atoms with E-state index in [0.29, 0.717) is 17.1 Å². The van der Waals surface area contributed by atoms with E-state index in [-0.39, 0.29) is 6.61 Å². The van der Waals surface area contributed by atoms with E-state index in [1.807, 2.05) is 42.5 Å². The summed E-state index contributed by atoms with van der Waals surface area (Å²) < 4.78 is 16.0. The minimum absolute atomic E-state index is 0.195. The maximum Gasteiger partial charge on any atom is 0.342 e. The largest absolute Gasteiger partial charge is 0.493 e. The van der Waals surface area contributed by atoms with Gasteiger partial charge >= 0.3 is 5.97 Å². The van der Waals surface area contributed by atoms with Gasteiger partial charge in [0, 0.05) is 0 Å². The van der Waals surface area contributed by atoms with E-state index in [0.717, 1.165) is 16.3 Å². The van der Waals surface area contributed by atoms with Crippen molar-refractivity contribution in [1.82, 2.24) is 0 Å². The van der Waals surface area contributed by atoms with Crippen LogP contribution in [0.1, 0.15) is 15.9 Å².